The summed E-state index contributed by atoms with van der Waals surface area (Å²) >= 11 is 49.9. The first-order chi connectivity index (χ1) is 46.3. The number of methoxy groups -OCH3 is 1. The van der Waals surface area contributed by atoms with Gasteiger partial charge in [-0.3, -0.25) is 9.80 Å². The van der Waals surface area contributed by atoms with Gasteiger partial charge in [0.15, 0.2) is 0 Å². The van der Waals surface area contributed by atoms with Crippen LogP contribution in [0.3, 0.4) is 0 Å². The van der Waals surface area contributed by atoms with Crippen LogP contribution in [0.15, 0.2) is 94.2 Å². The molecule has 4 aromatic carbocycles. The number of carboxylic acid groups (broad SMARTS) is 1. The Bertz CT molecular complexity index is 3990. The van der Waals surface area contributed by atoms with Gasteiger partial charge in [-0.1, -0.05) is 72.6 Å². The molecular formula is C61H72Cl2I22N8O6. The van der Waals surface area contributed by atoms with E-state index in [9.17, 15) is 14.7 Å². The molecule has 0 atom stereocenters. The van der Waals surface area contributed by atoms with Gasteiger partial charge in [0.25, 0.3) is 0 Å². The average Bonchev–Trinajstić information content (AvgIpc) is 1.66. The fourth-order valence-corrected chi connectivity index (χ4v) is 3360. The zero-order chi connectivity index (χ0) is 69.8. The molecule has 12 rings (SSSR count). The molecule has 4 aromatic heterocycles. The number of aromatic nitrogens is 4. The van der Waals surface area contributed by atoms with Gasteiger partial charge in [0.2, 0.25) is 0 Å². The second-order valence-corrected chi connectivity index (χ2v) is 511. The van der Waals surface area contributed by atoms with E-state index in [0.29, 0.717) is 23.0 Å². The minimum absolute atomic E-state index is 0. The van der Waals surface area contributed by atoms with Gasteiger partial charge < -0.3 is 37.8 Å². The molecule has 2 saturated carbocycles. The molecule has 99 heavy (non-hydrogen) atoms. The number of carbonyl (C=O) groups excluding carboxylic acids is 1. The molecule has 0 bridgehead atoms. The quantitative estimate of drug-likeness (QED) is 0.0482. The SMILES string of the molecule is C.C.COC(=O)c1cn(C)c2cc(N3CCN(CCc4c(-c5c(C)cccc5Cl)noc4C4CC4)CC3)ccc12.Cc1cccc(Cl)c1-c1noc(C2CC2)c1CCN1CCN(c2ccc3c(C(=O)O)cn(C)c3c2)CC1.II(I)I(I)I(I)I(I)I(I)I(I)I(I)I(I)I(I)I(I)I. The van der Waals surface area contributed by atoms with Crippen LogP contribution in [0, 0.1) is 13.8 Å². The van der Waals surface area contributed by atoms with Crippen LogP contribution in [-0.2, 0) is 31.7 Å². The predicted molar refractivity (Wildman–Crippen MR) is 618 cm³/mol. The molecule has 0 unspecified atom stereocenters. The van der Waals surface area contributed by atoms with Crippen LogP contribution >= 0.6 is 326 Å². The number of fused-ring (bicyclic) bond motifs is 2. The van der Waals surface area contributed by atoms with E-state index < -0.39 is 84.9 Å². The number of carbonyl (C=O) groups is 2. The number of esters is 1. The Labute approximate surface area is 746 Å². The topological polar surface area (TPSA) is 138 Å². The first-order valence-corrected chi connectivity index (χ1v) is 162. The summed E-state index contributed by atoms with van der Waals surface area (Å²) in [5.74, 6) is 1.90. The number of halogens is 24. The van der Waals surface area contributed by atoms with Crippen molar-refractivity contribution in [2.24, 2.45) is 14.1 Å². The van der Waals surface area contributed by atoms with Crippen LogP contribution in [0.5, 0.6) is 0 Å². The normalized spacial score (nSPS) is 16.5. The summed E-state index contributed by atoms with van der Waals surface area (Å²) < 4.78 is 20.6. The second kappa shape index (κ2) is 45.0. The first kappa shape index (κ1) is 94.0. The van der Waals surface area contributed by atoms with Crippen molar-refractivity contribution in [1.29, 1.82) is 0 Å². The van der Waals surface area contributed by atoms with Gasteiger partial charge in [-0.15, -0.1) is 0 Å². The van der Waals surface area contributed by atoms with Gasteiger partial charge in [-0.05, 0) is 112 Å². The van der Waals surface area contributed by atoms with Gasteiger partial charge in [0.1, 0.15) is 22.9 Å². The molecule has 2 saturated heterocycles. The summed E-state index contributed by atoms with van der Waals surface area (Å²) in [4.78, 5) is 33.5. The van der Waals surface area contributed by atoms with E-state index in [2.05, 4.69) is 297 Å². The summed E-state index contributed by atoms with van der Waals surface area (Å²) in [6.07, 6.45) is 10.0. The number of piperazine rings is 2. The maximum atomic E-state index is 12.1. The Morgan fingerprint density at radius 3 is 1.22 bits per heavy atom. The molecular weight excluding hydrogens is 3800 g/mol. The van der Waals surface area contributed by atoms with E-state index in [1.54, 1.807) is 6.20 Å². The summed E-state index contributed by atoms with van der Waals surface area (Å²) in [6, 6.07) is 24.4. The molecule has 38 heteroatoms. The van der Waals surface area contributed by atoms with Crippen LogP contribution in [-0.4, -0.2) is 119 Å². The maximum absolute atomic E-state index is 12.1. The average molecular weight is 3880 g/mol. The minimum atomic E-state index is -0.891. The number of benzene rings is 4. The van der Waals surface area contributed by atoms with Gasteiger partial charge >= 0.3 is 314 Å². The number of carboxylic acids is 1. The monoisotopic (exact) mass is 3870 g/mol. The molecule has 560 valence electrons. The standard InChI is InChI=1S/C30H33ClN4O3.C29H31ClN4O3.2CH4.I22/c1-19-5-4-6-25(31)27(19)28-23(29(38-32-28)20-7-8-20)11-12-34-13-15-35(16-14-34)21-9-10-22-24(30(36)37-3)18-33(2)26(22)17-21;1-18-4-3-5-24(30)26(18)27-22(28(37-31-27)19-6-7-19)10-11-33-12-14-34(15-13-33)20-8-9-21-23(29(35)36)17-32(2)25(21)16-20;;;1-13(2)15(5)17(7)19(9)21(11)22(12)20(10)18(8)16(6)14(3)4/h4-6,9-10,17-18,20H,7-8,11-16H2,1-3H3;3-5,8-9,16-17,19H,6-7,10-15H2,1-2H3,(H,35,36);2*1H4;. The zero-order valence-corrected chi connectivity index (χ0v) is 101. The van der Waals surface area contributed by atoms with Crippen molar-refractivity contribution in [3.8, 4) is 22.5 Å². The van der Waals surface area contributed by atoms with E-state index in [-0.39, 0.29) is 20.8 Å². The Morgan fingerprint density at radius 2 is 0.889 bits per heavy atom. The number of hydrogen-bond donors (Lipinski definition) is 1. The number of aryl methyl sites for hydroxylation is 4. The molecule has 0 radical (unpaired) electrons. The molecule has 4 fully saturated rings. The van der Waals surface area contributed by atoms with Crippen molar-refractivity contribution in [1.82, 2.24) is 29.2 Å². The number of aromatic carboxylic acids is 1. The van der Waals surface area contributed by atoms with E-state index >= 15 is 0 Å². The van der Waals surface area contributed by atoms with Crippen LogP contribution in [0.25, 0.3) is 44.3 Å². The summed E-state index contributed by atoms with van der Waals surface area (Å²) in [5, 5.41) is 21.6. The van der Waals surface area contributed by atoms with Crippen molar-refractivity contribution in [2.45, 2.75) is 79.1 Å². The molecule has 2 aliphatic carbocycles. The fourth-order valence-electron chi connectivity index (χ4n) is 11.5. The Hall–Kier alpha value is 9.48. The Morgan fingerprint density at radius 1 is 0.535 bits per heavy atom. The van der Waals surface area contributed by atoms with Gasteiger partial charge in [0, 0.05) is 148 Å². The summed E-state index contributed by atoms with van der Waals surface area (Å²) in [7, 11) is 1.09. The molecule has 0 spiro atoms. The van der Waals surface area contributed by atoms with Crippen LogP contribution in [0.2, 0.25) is 10.0 Å². The van der Waals surface area contributed by atoms with Crippen LogP contribution in [0.1, 0.15) is 107 Å². The first-order valence-electron chi connectivity index (χ1n) is 29.3. The third-order valence-electron chi connectivity index (χ3n) is 16.6. The van der Waals surface area contributed by atoms with Crippen LogP contribution in [0.4, 0.5) is 11.4 Å². The molecule has 0 amide bonds. The molecule has 2 aliphatic heterocycles. The molecule has 6 heterocycles. The molecule has 8 aromatic rings. The third-order valence-corrected chi connectivity index (χ3v) is 1500. The third kappa shape index (κ3) is 24.8. The Kier molecular flexibility index (Phi) is 42.8. The fraction of sp³-hybridized carbons (Fsp3) is 0.410. The van der Waals surface area contributed by atoms with Crippen molar-refractivity contribution in [3.05, 3.63) is 140 Å². The van der Waals surface area contributed by atoms with Crippen molar-refractivity contribution in [3.63, 3.8) is 0 Å². The van der Waals surface area contributed by atoms with Crippen molar-refractivity contribution in [2.75, 3.05) is 82.4 Å². The number of hydrogen-bond acceptors (Lipinski definition) is 11. The predicted octanol–water partition coefficient (Wildman–Crippen LogP) is 32.3. The van der Waals surface area contributed by atoms with Gasteiger partial charge in [-0.2, -0.15) is 0 Å². The molecule has 14 nitrogen and oxygen atoms in total. The van der Waals surface area contributed by atoms with E-state index in [1.165, 1.54) is 49.6 Å². The molecule has 1 N–H and O–H groups in total. The number of rotatable bonds is 23. The van der Waals surface area contributed by atoms with E-state index in [1.807, 2.05) is 71.9 Å². The van der Waals surface area contributed by atoms with Gasteiger partial charge in [0.05, 0.1) is 39.3 Å². The van der Waals surface area contributed by atoms with E-state index in [4.69, 9.17) is 37.0 Å². The van der Waals surface area contributed by atoms with Crippen molar-refractivity contribution < 1.29 is 28.5 Å². The van der Waals surface area contributed by atoms with E-state index in [0.717, 1.165) is 161 Å². The van der Waals surface area contributed by atoms with Gasteiger partial charge in [-0.25, -0.2) is 9.59 Å². The number of nitrogens with zero attached hydrogens (tertiary/aromatic N) is 8. The summed E-state index contributed by atoms with van der Waals surface area (Å²) in [5.41, 5.74) is 13.7. The zero-order valence-electron chi connectivity index (χ0n) is 51.7. The summed E-state index contributed by atoms with van der Waals surface area (Å²) in [6.45, 7) is 13.7. The van der Waals surface area contributed by atoms with Crippen molar-refractivity contribution >= 4 is 371 Å². The second-order valence-electron chi connectivity index (χ2n) is 22.4. The van der Waals surface area contributed by atoms with Crippen LogP contribution < -0.4 is 9.80 Å². The number of ether oxygens (including phenoxy) is 1. The Balaban J connectivity index is 0.000000195. The number of anilines is 2. The molecule has 4 aliphatic rings.